The number of rotatable bonds is 6. The molecule has 0 saturated carbocycles. The summed E-state index contributed by atoms with van der Waals surface area (Å²) in [5.74, 6) is -1.01. The van der Waals surface area contributed by atoms with Gasteiger partial charge in [-0.3, -0.25) is 0 Å². The predicted octanol–water partition coefficient (Wildman–Crippen LogP) is 2.72. The van der Waals surface area contributed by atoms with Gasteiger partial charge in [0.2, 0.25) is 11.9 Å². The molecule has 0 atom stereocenters. The fourth-order valence-corrected chi connectivity index (χ4v) is 1.49. The van der Waals surface area contributed by atoms with Gasteiger partial charge in [0.15, 0.2) is 0 Å². The van der Waals surface area contributed by atoms with E-state index < -0.39 is 11.6 Å². The lowest BCUT2D eigenvalue weighted by atomic mass is 10.3. The largest absolute Gasteiger partial charge is 0.463 e. The summed E-state index contributed by atoms with van der Waals surface area (Å²) in [5, 5.41) is 5.42. The van der Waals surface area contributed by atoms with Crippen molar-refractivity contribution in [3.05, 3.63) is 29.8 Å². The van der Waals surface area contributed by atoms with Gasteiger partial charge in [-0.2, -0.15) is 15.0 Å². The van der Waals surface area contributed by atoms with Crippen molar-refractivity contribution in [1.29, 1.82) is 0 Å². The van der Waals surface area contributed by atoms with Crippen molar-refractivity contribution in [1.82, 2.24) is 15.0 Å². The molecule has 2 N–H and O–H groups in total. The molecule has 0 bridgehead atoms. The molecule has 0 aliphatic rings. The van der Waals surface area contributed by atoms with Gasteiger partial charge < -0.3 is 15.4 Å². The topological polar surface area (TPSA) is 72.0 Å². The van der Waals surface area contributed by atoms with Crippen LogP contribution in [0.3, 0.4) is 0 Å². The van der Waals surface area contributed by atoms with Gasteiger partial charge in [0, 0.05) is 13.1 Å². The van der Waals surface area contributed by atoms with Gasteiger partial charge in [0.1, 0.15) is 11.6 Å². The van der Waals surface area contributed by atoms with Crippen molar-refractivity contribution >= 4 is 17.6 Å². The van der Waals surface area contributed by atoms with Crippen LogP contribution in [0.25, 0.3) is 0 Å². The van der Waals surface area contributed by atoms with E-state index in [2.05, 4.69) is 25.6 Å². The Balaban J connectivity index is 2.25. The minimum absolute atomic E-state index is 0.0612. The fraction of sp³-hybridized carbons (Fsp3) is 0.308. The number of nitrogens with zero attached hydrogens (tertiary/aromatic N) is 3. The smallest absolute Gasteiger partial charge is 0.323 e. The zero-order chi connectivity index (χ0) is 15.2. The Labute approximate surface area is 120 Å². The molecule has 1 aromatic heterocycles. The second kappa shape index (κ2) is 6.78. The number of nitrogens with one attached hydrogen (secondary N) is 2. The minimum atomic E-state index is -0.738. The summed E-state index contributed by atoms with van der Waals surface area (Å²) in [6, 6.07) is 3.30. The molecule has 8 heteroatoms. The summed E-state index contributed by atoms with van der Waals surface area (Å²) in [6.07, 6.45) is 0.802. The maximum absolute atomic E-state index is 13.6. The van der Waals surface area contributed by atoms with Crippen molar-refractivity contribution in [3.63, 3.8) is 0 Å². The van der Waals surface area contributed by atoms with Crippen LogP contribution < -0.4 is 15.4 Å². The van der Waals surface area contributed by atoms with Crippen LogP contribution in [0.2, 0.25) is 0 Å². The quantitative estimate of drug-likeness (QED) is 0.853. The van der Waals surface area contributed by atoms with E-state index in [1.807, 2.05) is 6.92 Å². The SMILES string of the molecule is CCCOc1nc(NC)nc(Nc2ccc(F)cc2F)n1. The Morgan fingerprint density at radius 3 is 2.57 bits per heavy atom. The van der Waals surface area contributed by atoms with E-state index in [1.54, 1.807) is 7.05 Å². The molecule has 0 spiro atoms. The number of hydrogen-bond donors (Lipinski definition) is 2. The lowest BCUT2D eigenvalue weighted by Crippen LogP contribution is -2.08. The zero-order valence-corrected chi connectivity index (χ0v) is 11.7. The zero-order valence-electron chi connectivity index (χ0n) is 11.7. The maximum Gasteiger partial charge on any atom is 0.323 e. The highest BCUT2D eigenvalue weighted by atomic mass is 19.1. The van der Waals surface area contributed by atoms with Gasteiger partial charge in [-0.05, 0) is 18.6 Å². The summed E-state index contributed by atoms with van der Waals surface area (Å²) < 4.78 is 31.8. The van der Waals surface area contributed by atoms with Crippen molar-refractivity contribution < 1.29 is 13.5 Å². The van der Waals surface area contributed by atoms with Crippen molar-refractivity contribution in [2.24, 2.45) is 0 Å². The highest BCUT2D eigenvalue weighted by Gasteiger charge is 2.10. The van der Waals surface area contributed by atoms with E-state index in [0.717, 1.165) is 18.6 Å². The molecule has 2 rings (SSSR count). The summed E-state index contributed by atoms with van der Waals surface area (Å²) in [7, 11) is 1.64. The van der Waals surface area contributed by atoms with Crippen LogP contribution in [0.1, 0.15) is 13.3 Å². The molecule has 0 unspecified atom stereocenters. The van der Waals surface area contributed by atoms with E-state index >= 15 is 0 Å². The van der Waals surface area contributed by atoms with E-state index in [4.69, 9.17) is 4.74 Å². The molecule has 21 heavy (non-hydrogen) atoms. The molecule has 1 aromatic carbocycles. The van der Waals surface area contributed by atoms with Crippen LogP contribution in [0.5, 0.6) is 6.01 Å². The monoisotopic (exact) mass is 295 g/mol. The van der Waals surface area contributed by atoms with Gasteiger partial charge in [-0.25, -0.2) is 8.78 Å². The highest BCUT2D eigenvalue weighted by molar-refractivity contribution is 5.55. The van der Waals surface area contributed by atoms with Crippen LogP contribution in [0.15, 0.2) is 18.2 Å². The van der Waals surface area contributed by atoms with Crippen LogP contribution >= 0.6 is 0 Å². The molecule has 0 radical (unpaired) electrons. The Kier molecular flexibility index (Phi) is 4.81. The van der Waals surface area contributed by atoms with E-state index in [1.165, 1.54) is 6.07 Å². The first-order valence-electron chi connectivity index (χ1n) is 6.41. The summed E-state index contributed by atoms with van der Waals surface area (Å²) in [6.45, 7) is 2.41. The van der Waals surface area contributed by atoms with Crippen LogP contribution in [0, 0.1) is 11.6 Å². The van der Waals surface area contributed by atoms with Crippen molar-refractivity contribution in [2.45, 2.75) is 13.3 Å². The third-order valence-electron chi connectivity index (χ3n) is 2.45. The number of anilines is 3. The fourth-order valence-electron chi connectivity index (χ4n) is 1.49. The maximum atomic E-state index is 13.6. The van der Waals surface area contributed by atoms with Crippen molar-refractivity contribution in [2.75, 3.05) is 24.3 Å². The molecule has 2 aromatic rings. The van der Waals surface area contributed by atoms with Gasteiger partial charge in [0.25, 0.3) is 0 Å². The molecule has 0 amide bonds. The van der Waals surface area contributed by atoms with Crippen molar-refractivity contribution in [3.8, 4) is 6.01 Å². The Bertz CT molecular complexity index is 624. The third kappa shape index (κ3) is 3.98. The van der Waals surface area contributed by atoms with Crippen LogP contribution in [-0.2, 0) is 0 Å². The molecular formula is C13H15F2N5O. The second-order valence-corrected chi connectivity index (χ2v) is 4.11. The summed E-state index contributed by atoms with van der Waals surface area (Å²) in [5.41, 5.74) is 0.0612. The predicted molar refractivity (Wildman–Crippen MR) is 74.8 cm³/mol. The third-order valence-corrected chi connectivity index (χ3v) is 2.45. The molecule has 0 aliphatic carbocycles. The first kappa shape index (κ1) is 14.9. The number of aromatic nitrogens is 3. The minimum Gasteiger partial charge on any atom is -0.463 e. The van der Waals surface area contributed by atoms with Gasteiger partial charge >= 0.3 is 6.01 Å². The van der Waals surface area contributed by atoms with E-state index in [0.29, 0.717) is 6.61 Å². The average Bonchev–Trinajstić information content (AvgIpc) is 2.48. The van der Waals surface area contributed by atoms with Gasteiger partial charge in [-0.15, -0.1) is 0 Å². The van der Waals surface area contributed by atoms with Gasteiger partial charge in [-0.1, -0.05) is 6.92 Å². The molecule has 6 nitrogen and oxygen atoms in total. The molecular weight excluding hydrogens is 280 g/mol. The normalized spacial score (nSPS) is 10.3. The standard InChI is InChI=1S/C13H15F2N5O/c1-3-6-21-13-19-11(16-2)18-12(20-13)17-10-5-4-8(14)7-9(10)15/h4-5,7H,3,6H2,1-2H3,(H2,16,17,18,19,20). The molecule has 0 aliphatic heterocycles. The first-order valence-corrected chi connectivity index (χ1v) is 6.41. The number of halogens is 2. The number of hydrogen-bond acceptors (Lipinski definition) is 6. The van der Waals surface area contributed by atoms with Crippen LogP contribution in [0.4, 0.5) is 26.4 Å². The number of ether oxygens (including phenoxy) is 1. The first-order chi connectivity index (χ1) is 10.1. The summed E-state index contributed by atoms with van der Waals surface area (Å²) in [4.78, 5) is 12.1. The average molecular weight is 295 g/mol. The molecule has 112 valence electrons. The molecule has 1 heterocycles. The van der Waals surface area contributed by atoms with E-state index in [9.17, 15) is 8.78 Å². The highest BCUT2D eigenvalue weighted by Crippen LogP contribution is 2.20. The van der Waals surface area contributed by atoms with Gasteiger partial charge in [0.05, 0.1) is 12.3 Å². The van der Waals surface area contributed by atoms with Crippen LogP contribution in [-0.4, -0.2) is 28.6 Å². The number of benzene rings is 1. The Morgan fingerprint density at radius 1 is 1.14 bits per heavy atom. The van der Waals surface area contributed by atoms with E-state index in [-0.39, 0.29) is 23.6 Å². The lowest BCUT2D eigenvalue weighted by molar-refractivity contribution is 0.292. The summed E-state index contributed by atoms with van der Waals surface area (Å²) >= 11 is 0. The Hall–Kier alpha value is -2.51. The molecule has 0 fully saturated rings. The lowest BCUT2D eigenvalue weighted by Gasteiger charge is -2.09. The molecule has 0 saturated heterocycles. The second-order valence-electron chi connectivity index (χ2n) is 4.11. The Morgan fingerprint density at radius 2 is 1.90 bits per heavy atom.